The van der Waals surface area contributed by atoms with Gasteiger partial charge in [-0.15, -0.1) is 0 Å². The Bertz CT molecular complexity index is 1170. The van der Waals surface area contributed by atoms with Crippen LogP contribution >= 0.6 is 11.8 Å². The highest BCUT2D eigenvalue weighted by Gasteiger charge is 2.31. The quantitative estimate of drug-likeness (QED) is 0.589. The second-order valence-electron chi connectivity index (χ2n) is 7.00. The number of amides is 1. The molecule has 0 atom stereocenters. The van der Waals surface area contributed by atoms with E-state index < -0.39 is 5.92 Å². The van der Waals surface area contributed by atoms with E-state index in [1.807, 2.05) is 37.4 Å². The molecule has 1 amide bonds. The predicted octanol–water partition coefficient (Wildman–Crippen LogP) is 4.99. The fourth-order valence-corrected chi connectivity index (χ4v) is 4.17. The van der Waals surface area contributed by atoms with E-state index in [1.54, 1.807) is 17.9 Å². The Balaban J connectivity index is 1.63. The van der Waals surface area contributed by atoms with Gasteiger partial charge in [-0.3, -0.25) is 14.2 Å². The van der Waals surface area contributed by atoms with Gasteiger partial charge in [0.2, 0.25) is 0 Å². The number of aryl methyl sites for hydroxylation is 1. The smallest absolute Gasteiger partial charge is 0.275 e. The third-order valence-corrected chi connectivity index (χ3v) is 5.41. The molecule has 1 aromatic carbocycles. The first-order chi connectivity index (χ1) is 13.7. The normalized spacial score (nSPS) is 16.2. The van der Waals surface area contributed by atoms with Crippen LogP contribution in [0.15, 0.2) is 40.5 Å². The third-order valence-electron chi connectivity index (χ3n) is 4.57. The molecule has 0 N–H and O–H groups in total. The molecule has 1 aliphatic heterocycles. The first-order valence-electron chi connectivity index (χ1n) is 9.12. The number of halogens is 2. The van der Waals surface area contributed by atoms with Gasteiger partial charge in [-0.2, -0.15) is 19.0 Å². The van der Waals surface area contributed by atoms with Gasteiger partial charge in [-0.1, -0.05) is 13.0 Å². The minimum absolute atomic E-state index is 0.193. The molecule has 6 nitrogen and oxygen atoms in total. The van der Waals surface area contributed by atoms with Gasteiger partial charge in [0.05, 0.1) is 17.8 Å². The van der Waals surface area contributed by atoms with Crippen LogP contribution in [0.25, 0.3) is 17.0 Å². The van der Waals surface area contributed by atoms with Crippen molar-refractivity contribution in [2.75, 3.05) is 0 Å². The summed E-state index contributed by atoms with van der Waals surface area (Å²) in [5, 5.41) is 9.08. The van der Waals surface area contributed by atoms with E-state index in [0.717, 1.165) is 45.8 Å². The summed E-state index contributed by atoms with van der Waals surface area (Å²) < 4.78 is 30.7. The Kier molecular flexibility index (Phi) is 4.85. The van der Waals surface area contributed by atoms with E-state index in [1.165, 1.54) is 4.68 Å². The van der Waals surface area contributed by atoms with E-state index in [4.69, 9.17) is 0 Å². The highest BCUT2D eigenvalue weighted by molar-refractivity contribution is 8.18. The maximum Gasteiger partial charge on any atom is 0.309 e. The number of thioether (sulfide) groups is 1. The number of benzene rings is 1. The molecule has 0 saturated carbocycles. The number of fused-ring (bicyclic) bond motifs is 1. The molecule has 0 bridgehead atoms. The van der Waals surface area contributed by atoms with E-state index in [0.29, 0.717) is 12.0 Å². The van der Waals surface area contributed by atoms with Crippen LogP contribution in [0.5, 0.6) is 0 Å². The number of aliphatic imine (C=N–C) groups is 1. The maximum atomic E-state index is 13.8. The Morgan fingerprint density at radius 3 is 2.76 bits per heavy atom. The zero-order valence-electron chi connectivity index (χ0n) is 16.2. The predicted molar refractivity (Wildman–Crippen MR) is 110 cm³/mol. The Labute approximate surface area is 170 Å². The highest BCUT2D eigenvalue weighted by Crippen LogP contribution is 2.31. The second kappa shape index (κ2) is 7.22. The summed E-state index contributed by atoms with van der Waals surface area (Å²) in [6.45, 7) is 3.01. The zero-order valence-corrected chi connectivity index (χ0v) is 17.0. The van der Waals surface area contributed by atoms with Crippen LogP contribution in [0.3, 0.4) is 0 Å². The summed E-state index contributed by atoms with van der Waals surface area (Å²) in [6.07, 6.45) is 6.05. The average molecular weight is 415 g/mol. The number of allylic oxidation sites excluding steroid dienone is 1. The minimum Gasteiger partial charge on any atom is -0.275 e. The molecule has 4 rings (SSSR count). The summed E-state index contributed by atoms with van der Waals surface area (Å²) in [7, 11) is 1.62. The van der Waals surface area contributed by atoms with Crippen molar-refractivity contribution in [1.29, 1.82) is 0 Å². The number of hydrogen-bond acceptors (Lipinski definition) is 4. The number of carbonyl (C=O) groups is 1. The van der Waals surface area contributed by atoms with Crippen molar-refractivity contribution in [3.8, 4) is 0 Å². The fraction of sp³-hybridized carbons (Fsp3) is 0.300. The Morgan fingerprint density at radius 2 is 2.03 bits per heavy atom. The summed E-state index contributed by atoms with van der Waals surface area (Å²) in [4.78, 5) is 16.4. The van der Waals surface area contributed by atoms with Crippen LogP contribution in [-0.2, 0) is 19.5 Å². The average Bonchev–Trinajstić information content (AvgIpc) is 3.30. The molecule has 29 heavy (non-hydrogen) atoms. The lowest BCUT2D eigenvalue weighted by Crippen LogP contribution is -2.13. The van der Waals surface area contributed by atoms with Gasteiger partial charge in [0.1, 0.15) is 5.69 Å². The molecular weight excluding hydrogens is 396 g/mol. The number of rotatable bonds is 5. The molecule has 3 heterocycles. The molecule has 1 aliphatic rings. The summed E-state index contributed by atoms with van der Waals surface area (Å²) in [5.41, 5.74) is 2.68. The van der Waals surface area contributed by atoms with Gasteiger partial charge >= 0.3 is 5.24 Å². The van der Waals surface area contributed by atoms with Gasteiger partial charge in [0, 0.05) is 42.2 Å². The molecule has 0 radical (unpaired) electrons. The molecule has 0 saturated heterocycles. The summed E-state index contributed by atoms with van der Waals surface area (Å²) in [5.74, 6) is -3.02. The van der Waals surface area contributed by atoms with Gasteiger partial charge in [-0.05, 0) is 42.0 Å². The second-order valence-corrected chi connectivity index (χ2v) is 7.99. The van der Waals surface area contributed by atoms with E-state index >= 15 is 0 Å². The lowest BCUT2D eigenvalue weighted by atomic mass is 10.1. The molecule has 0 fully saturated rings. The number of aromatic nitrogens is 4. The SMILES string of the molecule is CCC1=NC(=O)S/C1=C\c1ccc2nn(Cc3cn(C)nc3C(C)(F)F)cc2c1. The monoisotopic (exact) mass is 415 g/mol. The van der Waals surface area contributed by atoms with E-state index in [9.17, 15) is 13.6 Å². The first-order valence-corrected chi connectivity index (χ1v) is 9.94. The molecule has 0 unspecified atom stereocenters. The van der Waals surface area contributed by atoms with Crippen LogP contribution in [0.4, 0.5) is 13.6 Å². The van der Waals surface area contributed by atoms with Crippen molar-refractivity contribution < 1.29 is 13.6 Å². The molecular formula is C20H19F2N5OS. The van der Waals surface area contributed by atoms with Crippen molar-refractivity contribution in [3.63, 3.8) is 0 Å². The van der Waals surface area contributed by atoms with Crippen LogP contribution in [0.1, 0.15) is 37.1 Å². The number of hydrogen-bond donors (Lipinski definition) is 0. The molecule has 0 aliphatic carbocycles. The molecule has 3 aromatic rings. The van der Waals surface area contributed by atoms with Crippen molar-refractivity contribution >= 4 is 39.7 Å². The van der Waals surface area contributed by atoms with Crippen LogP contribution in [0, 0.1) is 0 Å². The van der Waals surface area contributed by atoms with Crippen LogP contribution in [-0.4, -0.2) is 30.5 Å². The zero-order chi connectivity index (χ0) is 20.8. The standard InChI is InChI=1S/C20H19F2N5OS/c1-4-15-17(29-19(28)23-15)8-12-5-6-16-13(7-12)10-27(24-16)11-14-9-26(3)25-18(14)20(2,21)22/h5-10H,4,11H2,1-3H3/b17-8-. The summed E-state index contributed by atoms with van der Waals surface area (Å²) >= 11 is 1.13. The van der Waals surface area contributed by atoms with Gasteiger partial charge in [0.25, 0.3) is 5.92 Å². The maximum absolute atomic E-state index is 13.8. The van der Waals surface area contributed by atoms with Gasteiger partial charge in [0.15, 0.2) is 0 Å². The van der Waals surface area contributed by atoms with E-state index in [-0.39, 0.29) is 17.5 Å². The first kappa shape index (κ1) is 19.5. The van der Waals surface area contributed by atoms with Crippen molar-refractivity contribution in [1.82, 2.24) is 19.6 Å². The molecule has 150 valence electrons. The Morgan fingerprint density at radius 1 is 1.24 bits per heavy atom. The van der Waals surface area contributed by atoms with Crippen LogP contribution in [0.2, 0.25) is 0 Å². The van der Waals surface area contributed by atoms with Crippen molar-refractivity contribution in [2.24, 2.45) is 12.0 Å². The summed E-state index contributed by atoms with van der Waals surface area (Å²) in [6, 6.07) is 5.75. The van der Waals surface area contributed by atoms with Crippen LogP contribution < -0.4 is 0 Å². The topological polar surface area (TPSA) is 65.1 Å². The fourth-order valence-electron chi connectivity index (χ4n) is 3.32. The van der Waals surface area contributed by atoms with Gasteiger partial charge < -0.3 is 0 Å². The number of nitrogens with zero attached hydrogens (tertiary/aromatic N) is 5. The molecule has 2 aromatic heterocycles. The number of alkyl halides is 2. The minimum atomic E-state index is -3.02. The largest absolute Gasteiger partial charge is 0.309 e. The van der Waals surface area contributed by atoms with Crippen molar-refractivity contribution in [3.05, 3.63) is 52.3 Å². The lowest BCUT2D eigenvalue weighted by Gasteiger charge is -2.09. The molecule has 0 spiro atoms. The van der Waals surface area contributed by atoms with Crippen molar-refractivity contribution in [2.45, 2.75) is 32.7 Å². The molecule has 9 heteroatoms. The lowest BCUT2D eigenvalue weighted by molar-refractivity contribution is 0.0112. The van der Waals surface area contributed by atoms with E-state index in [2.05, 4.69) is 15.2 Å². The highest BCUT2D eigenvalue weighted by atomic mass is 32.2. The third kappa shape index (κ3) is 4.00. The Hall–Kier alpha value is -2.81. The van der Waals surface area contributed by atoms with Gasteiger partial charge in [-0.25, -0.2) is 4.99 Å². The number of carbonyl (C=O) groups excluding carboxylic acids is 1.